The number of amides is 1. The van der Waals surface area contributed by atoms with Crippen molar-refractivity contribution in [1.82, 2.24) is 25.3 Å². The minimum absolute atomic E-state index is 0.0431. The topological polar surface area (TPSA) is 73.4 Å². The molecule has 0 saturated carbocycles. The minimum atomic E-state index is -0.0431. The Morgan fingerprint density at radius 1 is 0.912 bits per heavy atom. The summed E-state index contributed by atoms with van der Waals surface area (Å²) in [6.45, 7) is 11.4. The first-order valence-electron chi connectivity index (χ1n) is 12.1. The molecule has 0 unspecified atom stereocenters. The number of aryl methyl sites for hydroxylation is 1. The third kappa shape index (κ3) is 6.62. The number of piperazine rings is 1. The van der Waals surface area contributed by atoms with E-state index in [0.29, 0.717) is 17.9 Å². The highest BCUT2D eigenvalue weighted by molar-refractivity contribution is 5.94. The van der Waals surface area contributed by atoms with E-state index in [-0.39, 0.29) is 5.91 Å². The van der Waals surface area contributed by atoms with E-state index < -0.39 is 0 Å². The number of nitrogens with zero attached hydrogens (tertiary/aromatic N) is 4. The number of carbonyl (C=O) groups is 1. The predicted molar refractivity (Wildman–Crippen MR) is 137 cm³/mol. The van der Waals surface area contributed by atoms with Crippen molar-refractivity contribution in [2.75, 3.05) is 51.1 Å². The summed E-state index contributed by atoms with van der Waals surface area (Å²) in [6, 6.07) is 19.5. The van der Waals surface area contributed by atoms with Gasteiger partial charge in [0.25, 0.3) is 5.91 Å². The standard InChI is InChI=1S/C27H34N6O/c1-3-14-32-16-18-33(19-17-32)15-13-28-27(34)22-7-9-24(10-8-22)29-26-12-11-25(30-31-26)23-6-4-5-21(2)20-23/h4-12,20H,3,13-19H2,1-2H3,(H,28,34)(H,29,31). The molecule has 178 valence electrons. The zero-order chi connectivity index (χ0) is 23.8. The molecular weight excluding hydrogens is 424 g/mol. The van der Waals surface area contributed by atoms with Gasteiger partial charge in [0.15, 0.2) is 5.82 Å². The Kier molecular flexibility index (Phi) is 8.22. The molecule has 0 spiro atoms. The Morgan fingerprint density at radius 2 is 1.65 bits per heavy atom. The van der Waals surface area contributed by atoms with Crippen molar-refractivity contribution in [3.63, 3.8) is 0 Å². The molecule has 0 atom stereocenters. The number of rotatable bonds is 9. The van der Waals surface area contributed by atoms with Crippen molar-refractivity contribution in [1.29, 1.82) is 0 Å². The molecule has 34 heavy (non-hydrogen) atoms. The average molecular weight is 459 g/mol. The molecule has 1 aliphatic heterocycles. The number of hydrogen-bond acceptors (Lipinski definition) is 6. The van der Waals surface area contributed by atoms with Crippen LogP contribution in [0.4, 0.5) is 11.5 Å². The van der Waals surface area contributed by atoms with Crippen LogP contribution in [0.3, 0.4) is 0 Å². The third-order valence-electron chi connectivity index (χ3n) is 6.12. The van der Waals surface area contributed by atoms with Crippen molar-refractivity contribution < 1.29 is 4.79 Å². The first-order valence-corrected chi connectivity index (χ1v) is 12.1. The van der Waals surface area contributed by atoms with E-state index in [2.05, 4.69) is 56.6 Å². The van der Waals surface area contributed by atoms with E-state index >= 15 is 0 Å². The zero-order valence-corrected chi connectivity index (χ0v) is 20.1. The molecule has 4 rings (SSSR count). The fraction of sp³-hybridized carbons (Fsp3) is 0.370. The maximum Gasteiger partial charge on any atom is 0.251 e. The Labute approximate surface area is 202 Å². The molecule has 1 fully saturated rings. The first-order chi connectivity index (χ1) is 16.6. The Balaban J connectivity index is 1.23. The lowest BCUT2D eigenvalue weighted by atomic mass is 10.1. The Hall–Kier alpha value is -3.29. The molecule has 2 N–H and O–H groups in total. The predicted octanol–water partition coefficient (Wildman–Crippen LogP) is 3.95. The summed E-state index contributed by atoms with van der Waals surface area (Å²) in [5.74, 6) is 0.617. The van der Waals surface area contributed by atoms with Crippen LogP contribution in [0.2, 0.25) is 0 Å². The second-order valence-corrected chi connectivity index (χ2v) is 8.81. The molecule has 7 nitrogen and oxygen atoms in total. The van der Waals surface area contributed by atoms with Crippen LogP contribution < -0.4 is 10.6 Å². The van der Waals surface area contributed by atoms with Gasteiger partial charge in [-0.1, -0.05) is 30.7 Å². The summed E-state index contributed by atoms with van der Waals surface area (Å²) in [5.41, 5.74) is 4.59. The van der Waals surface area contributed by atoms with E-state index in [0.717, 1.165) is 49.7 Å². The molecule has 3 aromatic rings. The summed E-state index contributed by atoms with van der Waals surface area (Å²) in [4.78, 5) is 17.4. The van der Waals surface area contributed by atoms with Gasteiger partial charge < -0.3 is 15.5 Å². The van der Waals surface area contributed by atoms with E-state index in [4.69, 9.17) is 0 Å². The highest BCUT2D eigenvalue weighted by Crippen LogP contribution is 2.20. The van der Waals surface area contributed by atoms with Gasteiger partial charge in [-0.3, -0.25) is 9.69 Å². The molecule has 1 aliphatic rings. The smallest absolute Gasteiger partial charge is 0.251 e. The van der Waals surface area contributed by atoms with Crippen LogP contribution >= 0.6 is 0 Å². The lowest BCUT2D eigenvalue weighted by Crippen LogP contribution is -2.48. The van der Waals surface area contributed by atoms with Gasteiger partial charge in [-0.25, -0.2) is 0 Å². The molecule has 7 heteroatoms. The van der Waals surface area contributed by atoms with Crippen LogP contribution in [0.5, 0.6) is 0 Å². The number of benzene rings is 2. The number of hydrogen-bond donors (Lipinski definition) is 2. The SMILES string of the molecule is CCCN1CCN(CCNC(=O)c2ccc(Nc3ccc(-c4cccc(C)c4)nn3)cc2)CC1. The van der Waals surface area contributed by atoms with Gasteiger partial charge in [0.05, 0.1) is 5.69 Å². The van der Waals surface area contributed by atoms with Gasteiger partial charge in [0.1, 0.15) is 0 Å². The molecule has 0 bridgehead atoms. The molecule has 1 aromatic heterocycles. The van der Waals surface area contributed by atoms with E-state index in [9.17, 15) is 4.79 Å². The number of aromatic nitrogens is 2. The van der Waals surface area contributed by atoms with Crippen LogP contribution in [0.15, 0.2) is 60.7 Å². The molecule has 2 heterocycles. The highest BCUT2D eigenvalue weighted by atomic mass is 16.1. The quantitative estimate of drug-likeness (QED) is 0.506. The van der Waals surface area contributed by atoms with Gasteiger partial charge in [0, 0.05) is 56.1 Å². The van der Waals surface area contributed by atoms with E-state index in [1.165, 1.54) is 18.5 Å². The van der Waals surface area contributed by atoms with Crippen molar-refractivity contribution >= 4 is 17.4 Å². The molecular formula is C27H34N6O. The second kappa shape index (κ2) is 11.7. The van der Waals surface area contributed by atoms with Gasteiger partial charge >= 0.3 is 0 Å². The molecule has 2 aromatic carbocycles. The third-order valence-corrected chi connectivity index (χ3v) is 6.12. The van der Waals surface area contributed by atoms with Crippen LogP contribution in [0.25, 0.3) is 11.3 Å². The van der Waals surface area contributed by atoms with Gasteiger partial charge in [0.2, 0.25) is 0 Å². The highest BCUT2D eigenvalue weighted by Gasteiger charge is 2.16. The fourth-order valence-corrected chi connectivity index (χ4v) is 4.19. The number of nitrogens with one attached hydrogen (secondary N) is 2. The molecule has 1 saturated heterocycles. The van der Waals surface area contributed by atoms with Gasteiger partial charge in [-0.15, -0.1) is 10.2 Å². The summed E-state index contributed by atoms with van der Waals surface area (Å²) >= 11 is 0. The van der Waals surface area contributed by atoms with Crippen molar-refractivity contribution in [2.24, 2.45) is 0 Å². The first kappa shape index (κ1) is 23.9. The second-order valence-electron chi connectivity index (χ2n) is 8.81. The van der Waals surface area contributed by atoms with E-state index in [1.807, 2.05) is 48.5 Å². The maximum atomic E-state index is 12.5. The Morgan fingerprint density at radius 3 is 2.29 bits per heavy atom. The lowest BCUT2D eigenvalue weighted by Gasteiger charge is -2.34. The molecule has 1 amide bonds. The molecule has 0 radical (unpaired) electrons. The molecule has 0 aliphatic carbocycles. The average Bonchev–Trinajstić information content (AvgIpc) is 2.86. The van der Waals surface area contributed by atoms with Crippen LogP contribution in [-0.2, 0) is 0 Å². The summed E-state index contributed by atoms with van der Waals surface area (Å²) < 4.78 is 0. The summed E-state index contributed by atoms with van der Waals surface area (Å²) in [7, 11) is 0. The van der Waals surface area contributed by atoms with Crippen molar-refractivity contribution in [2.45, 2.75) is 20.3 Å². The number of carbonyl (C=O) groups excluding carboxylic acids is 1. The summed E-state index contributed by atoms with van der Waals surface area (Å²) in [5, 5.41) is 14.9. The van der Waals surface area contributed by atoms with Crippen molar-refractivity contribution in [3.8, 4) is 11.3 Å². The van der Waals surface area contributed by atoms with Crippen LogP contribution in [-0.4, -0.2) is 71.7 Å². The largest absolute Gasteiger partial charge is 0.351 e. The van der Waals surface area contributed by atoms with Gasteiger partial charge in [-0.2, -0.15) is 0 Å². The monoisotopic (exact) mass is 458 g/mol. The number of anilines is 2. The zero-order valence-electron chi connectivity index (χ0n) is 20.1. The van der Waals surface area contributed by atoms with Gasteiger partial charge in [-0.05, 0) is 62.4 Å². The lowest BCUT2D eigenvalue weighted by molar-refractivity contribution is 0.0936. The minimum Gasteiger partial charge on any atom is -0.351 e. The Bertz CT molecular complexity index is 1060. The van der Waals surface area contributed by atoms with Crippen LogP contribution in [0, 0.1) is 6.92 Å². The maximum absolute atomic E-state index is 12.5. The summed E-state index contributed by atoms with van der Waals surface area (Å²) in [6.07, 6.45) is 1.21. The normalized spacial score (nSPS) is 14.6. The van der Waals surface area contributed by atoms with Crippen molar-refractivity contribution in [3.05, 3.63) is 71.8 Å². The fourth-order valence-electron chi connectivity index (χ4n) is 4.19. The van der Waals surface area contributed by atoms with Crippen LogP contribution in [0.1, 0.15) is 29.3 Å². The van der Waals surface area contributed by atoms with E-state index in [1.54, 1.807) is 0 Å².